The summed E-state index contributed by atoms with van der Waals surface area (Å²) >= 11 is 0. The van der Waals surface area contributed by atoms with Crippen molar-refractivity contribution in [3.63, 3.8) is 0 Å². The highest BCUT2D eigenvalue weighted by Crippen LogP contribution is 2.39. The Hall–Kier alpha value is -0.900. The van der Waals surface area contributed by atoms with Crippen LogP contribution < -0.4 is 5.32 Å². The van der Waals surface area contributed by atoms with Crippen molar-refractivity contribution in [3.8, 4) is 0 Å². The highest BCUT2D eigenvalue weighted by molar-refractivity contribution is 5.13. The number of ether oxygens (including phenoxy) is 1. The molecule has 1 N–H and O–H groups in total. The van der Waals surface area contributed by atoms with Crippen LogP contribution in [0.15, 0.2) is 30.3 Å². The van der Waals surface area contributed by atoms with Crippen LogP contribution in [0, 0.1) is 5.41 Å². The molecule has 2 heterocycles. The summed E-state index contributed by atoms with van der Waals surface area (Å²) in [4.78, 5) is 2.58. The third-order valence-electron chi connectivity index (χ3n) is 5.24. The van der Waals surface area contributed by atoms with E-state index in [4.69, 9.17) is 4.74 Å². The topological polar surface area (TPSA) is 24.5 Å². The lowest BCUT2D eigenvalue weighted by molar-refractivity contribution is 0.0436. The molecule has 3 nitrogen and oxygen atoms in total. The van der Waals surface area contributed by atoms with Gasteiger partial charge in [-0.25, -0.2) is 0 Å². The SMILES string of the molecule is c1ccc(COCCN2CCC3(CCNCC3)CC2)cc1. The van der Waals surface area contributed by atoms with Crippen LogP contribution in [0.25, 0.3) is 0 Å². The number of rotatable bonds is 5. The summed E-state index contributed by atoms with van der Waals surface area (Å²) in [5, 5.41) is 3.49. The first-order chi connectivity index (χ1) is 10.4. The minimum atomic E-state index is 0.659. The van der Waals surface area contributed by atoms with Gasteiger partial charge in [0.05, 0.1) is 13.2 Å². The molecule has 0 bridgehead atoms. The normalized spacial score (nSPS) is 22.5. The number of nitrogens with zero attached hydrogens (tertiary/aromatic N) is 1. The second-order valence-corrected chi connectivity index (χ2v) is 6.63. The Morgan fingerprint density at radius 2 is 1.71 bits per heavy atom. The summed E-state index contributed by atoms with van der Waals surface area (Å²) in [5.41, 5.74) is 1.93. The molecule has 0 amide bonds. The number of nitrogens with one attached hydrogen (secondary N) is 1. The van der Waals surface area contributed by atoms with E-state index in [0.717, 1.165) is 19.8 Å². The van der Waals surface area contributed by atoms with Gasteiger partial charge in [0.2, 0.25) is 0 Å². The number of piperidine rings is 2. The molecule has 2 saturated heterocycles. The van der Waals surface area contributed by atoms with Gasteiger partial charge in [0.25, 0.3) is 0 Å². The highest BCUT2D eigenvalue weighted by Gasteiger charge is 2.35. The van der Waals surface area contributed by atoms with Gasteiger partial charge in [0, 0.05) is 6.54 Å². The third-order valence-corrected chi connectivity index (χ3v) is 5.24. The number of benzene rings is 1. The van der Waals surface area contributed by atoms with Gasteiger partial charge in [-0.3, -0.25) is 0 Å². The van der Waals surface area contributed by atoms with Crippen LogP contribution in [0.3, 0.4) is 0 Å². The quantitative estimate of drug-likeness (QED) is 0.843. The van der Waals surface area contributed by atoms with Gasteiger partial charge in [-0.05, 0) is 62.8 Å². The second kappa shape index (κ2) is 7.39. The molecule has 2 fully saturated rings. The molecule has 3 rings (SSSR count). The molecule has 1 aromatic rings. The lowest BCUT2D eigenvalue weighted by atomic mass is 9.71. The standard InChI is InChI=1S/C18H28N2O/c1-2-4-17(5-3-1)16-21-15-14-20-12-8-18(9-13-20)6-10-19-11-7-18/h1-5,19H,6-16H2. The fraction of sp³-hybridized carbons (Fsp3) is 0.667. The van der Waals surface area contributed by atoms with Gasteiger partial charge >= 0.3 is 0 Å². The molecular formula is C18H28N2O. The molecule has 0 unspecified atom stereocenters. The first kappa shape index (κ1) is 15.0. The Kier molecular flexibility index (Phi) is 5.28. The van der Waals surface area contributed by atoms with E-state index in [1.807, 2.05) is 6.07 Å². The summed E-state index contributed by atoms with van der Waals surface area (Å²) in [6.45, 7) is 7.64. The molecule has 0 aliphatic carbocycles. The lowest BCUT2D eigenvalue weighted by Crippen LogP contribution is -2.46. The zero-order valence-corrected chi connectivity index (χ0v) is 13.0. The van der Waals surface area contributed by atoms with E-state index in [9.17, 15) is 0 Å². The zero-order valence-electron chi connectivity index (χ0n) is 13.0. The van der Waals surface area contributed by atoms with E-state index in [0.29, 0.717) is 5.41 Å². The van der Waals surface area contributed by atoms with Crippen molar-refractivity contribution < 1.29 is 4.74 Å². The first-order valence-electron chi connectivity index (χ1n) is 8.41. The smallest absolute Gasteiger partial charge is 0.0717 e. The molecule has 21 heavy (non-hydrogen) atoms. The molecule has 0 saturated carbocycles. The fourth-order valence-corrected chi connectivity index (χ4v) is 3.67. The predicted octanol–water partition coefficient (Wildman–Crippen LogP) is 2.67. The molecule has 0 aromatic heterocycles. The number of likely N-dealkylation sites (tertiary alicyclic amines) is 1. The second-order valence-electron chi connectivity index (χ2n) is 6.63. The molecular weight excluding hydrogens is 260 g/mol. The maximum Gasteiger partial charge on any atom is 0.0717 e. The van der Waals surface area contributed by atoms with Gasteiger partial charge in [-0.15, -0.1) is 0 Å². The summed E-state index contributed by atoms with van der Waals surface area (Å²) in [6.07, 6.45) is 5.53. The minimum Gasteiger partial charge on any atom is -0.375 e. The van der Waals surface area contributed by atoms with Crippen molar-refractivity contribution in [1.82, 2.24) is 10.2 Å². The Labute approximate surface area is 128 Å². The molecule has 0 atom stereocenters. The van der Waals surface area contributed by atoms with Crippen LogP contribution in [0.4, 0.5) is 0 Å². The van der Waals surface area contributed by atoms with Crippen molar-refractivity contribution in [1.29, 1.82) is 0 Å². The maximum absolute atomic E-state index is 5.81. The van der Waals surface area contributed by atoms with E-state index < -0.39 is 0 Å². The van der Waals surface area contributed by atoms with Crippen molar-refractivity contribution in [3.05, 3.63) is 35.9 Å². The molecule has 2 aliphatic heterocycles. The van der Waals surface area contributed by atoms with Gasteiger partial charge in [-0.2, -0.15) is 0 Å². The summed E-state index contributed by atoms with van der Waals surface area (Å²) in [5.74, 6) is 0. The minimum absolute atomic E-state index is 0.659. The van der Waals surface area contributed by atoms with Crippen LogP contribution in [-0.2, 0) is 11.3 Å². The Balaban J connectivity index is 1.32. The third kappa shape index (κ3) is 4.29. The van der Waals surface area contributed by atoms with Crippen molar-refractivity contribution in [2.45, 2.75) is 32.3 Å². The fourth-order valence-electron chi connectivity index (χ4n) is 3.67. The van der Waals surface area contributed by atoms with Gasteiger partial charge in [0.1, 0.15) is 0 Å². The molecule has 116 valence electrons. The first-order valence-corrected chi connectivity index (χ1v) is 8.41. The van der Waals surface area contributed by atoms with E-state index in [1.54, 1.807) is 0 Å². The summed E-state index contributed by atoms with van der Waals surface area (Å²) < 4.78 is 5.81. The zero-order chi connectivity index (χ0) is 14.4. The van der Waals surface area contributed by atoms with E-state index in [2.05, 4.69) is 34.5 Å². The van der Waals surface area contributed by atoms with Gasteiger partial charge < -0.3 is 15.0 Å². The Bertz CT molecular complexity index is 404. The number of hydrogen-bond acceptors (Lipinski definition) is 3. The maximum atomic E-state index is 5.81. The molecule has 1 aromatic carbocycles. The highest BCUT2D eigenvalue weighted by atomic mass is 16.5. The van der Waals surface area contributed by atoms with Crippen LogP contribution in [-0.4, -0.2) is 44.2 Å². The van der Waals surface area contributed by atoms with Crippen LogP contribution in [0.5, 0.6) is 0 Å². The van der Waals surface area contributed by atoms with Crippen LogP contribution in [0.1, 0.15) is 31.2 Å². The van der Waals surface area contributed by atoms with Crippen molar-refractivity contribution in [2.75, 3.05) is 39.3 Å². The summed E-state index contributed by atoms with van der Waals surface area (Å²) in [6, 6.07) is 10.4. The van der Waals surface area contributed by atoms with Crippen molar-refractivity contribution in [2.24, 2.45) is 5.41 Å². The van der Waals surface area contributed by atoms with E-state index in [-0.39, 0.29) is 0 Å². The Morgan fingerprint density at radius 3 is 2.43 bits per heavy atom. The van der Waals surface area contributed by atoms with Crippen LogP contribution >= 0.6 is 0 Å². The lowest BCUT2D eigenvalue weighted by Gasteiger charge is -2.44. The molecule has 1 spiro atoms. The van der Waals surface area contributed by atoms with Gasteiger partial charge in [-0.1, -0.05) is 30.3 Å². The van der Waals surface area contributed by atoms with Gasteiger partial charge in [0.15, 0.2) is 0 Å². The molecule has 2 aliphatic rings. The largest absolute Gasteiger partial charge is 0.375 e. The Morgan fingerprint density at radius 1 is 1.00 bits per heavy atom. The average Bonchev–Trinajstić information content (AvgIpc) is 2.55. The molecule has 0 radical (unpaired) electrons. The predicted molar refractivity (Wildman–Crippen MR) is 86.3 cm³/mol. The monoisotopic (exact) mass is 288 g/mol. The van der Waals surface area contributed by atoms with Crippen molar-refractivity contribution >= 4 is 0 Å². The average molecular weight is 288 g/mol. The van der Waals surface area contributed by atoms with Crippen LogP contribution in [0.2, 0.25) is 0 Å². The molecule has 3 heteroatoms. The van der Waals surface area contributed by atoms with E-state index >= 15 is 0 Å². The number of hydrogen-bond donors (Lipinski definition) is 1. The van der Waals surface area contributed by atoms with E-state index in [1.165, 1.54) is 57.4 Å². The summed E-state index contributed by atoms with van der Waals surface area (Å²) in [7, 11) is 0.